The molecule has 3 heteroatoms. The van der Waals surface area contributed by atoms with Crippen molar-refractivity contribution in [1.29, 1.82) is 0 Å². The Bertz CT molecular complexity index is 310. The maximum absolute atomic E-state index is 6.03. The maximum Gasteiger partial charge on any atom is 0.139 e. The molecule has 0 spiro atoms. The van der Waals surface area contributed by atoms with Gasteiger partial charge in [0.05, 0.1) is 11.6 Å². The van der Waals surface area contributed by atoms with Crippen LogP contribution >= 0.6 is 27.5 Å². The minimum atomic E-state index is 0.670. The van der Waals surface area contributed by atoms with Crippen LogP contribution in [0.25, 0.3) is 0 Å². The molecule has 0 atom stereocenters. The van der Waals surface area contributed by atoms with Gasteiger partial charge in [0.1, 0.15) is 5.75 Å². The summed E-state index contributed by atoms with van der Waals surface area (Å²) in [4.78, 5) is 0. The van der Waals surface area contributed by atoms with Crippen LogP contribution in [0.4, 0.5) is 0 Å². The standard InChI is InChI=1S/C10H10BrClO/c11-8-2-1-3-9(10(8)12)13-6-7-4-5-7/h1-3,7H,4-6H2. The van der Waals surface area contributed by atoms with Gasteiger partial charge in [0, 0.05) is 4.47 Å². The molecule has 0 heterocycles. The molecule has 0 bridgehead atoms. The average Bonchev–Trinajstić information content (AvgIpc) is 2.91. The summed E-state index contributed by atoms with van der Waals surface area (Å²) in [5.74, 6) is 1.54. The van der Waals surface area contributed by atoms with Gasteiger partial charge in [0.25, 0.3) is 0 Å². The highest BCUT2D eigenvalue weighted by Crippen LogP contribution is 2.34. The second-order valence-corrected chi connectivity index (χ2v) is 4.54. The van der Waals surface area contributed by atoms with Crippen LogP contribution in [0.1, 0.15) is 12.8 Å². The summed E-state index contributed by atoms with van der Waals surface area (Å²) in [6.07, 6.45) is 2.59. The molecule has 0 aromatic heterocycles. The van der Waals surface area contributed by atoms with E-state index in [4.69, 9.17) is 16.3 Å². The third kappa shape index (κ3) is 2.38. The zero-order chi connectivity index (χ0) is 9.26. The first-order valence-corrected chi connectivity index (χ1v) is 5.51. The molecule has 0 amide bonds. The molecule has 1 aliphatic rings. The number of halogens is 2. The van der Waals surface area contributed by atoms with Crippen molar-refractivity contribution >= 4 is 27.5 Å². The van der Waals surface area contributed by atoms with Crippen molar-refractivity contribution in [2.45, 2.75) is 12.8 Å². The molecule has 1 nitrogen and oxygen atoms in total. The van der Waals surface area contributed by atoms with E-state index in [0.29, 0.717) is 5.02 Å². The van der Waals surface area contributed by atoms with E-state index >= 15 is 0 Å². The normalized spacial score (nSPS) is 15.8. The molecule has 0 N–H and O–H groups in total. The van der Waals surface area contributed by atoms with E-state index in [1.165, 1.54) is 12.8 Å². The number of ether oxygens (including phenoxy) is 1. The Morgan fingerprint density at radius 3 is 2.92 bits per heavy atom. The minimum Gasteiger partial charge on any atom is -0.492 e. The highest BCUT2D eigenvalue weighted by atomic mass is 79.9. The van der Waals surface area contributed by atoms with Crippen molar-refractivity contribution in [1.82, 2.24) is 0 Å². The van der Waals surface area contributed by atoms with Crippen LogP contribution < -0.4 is 4.74 Å². The second kappa shape index (κ2) is 3.89. The van der Waals surface area contributed by atoms with Gasteiger partial charge in [-0.1, -0.05) is 17.7 Å². The lowest BCUT2D eigenvalue weighted by Crippen LogP contribution is -1.99. The van der Waals surface area contributed by atoms with Crippen molar-refractivity contribution in [3.8, 4) is 5.75 Å². The Kier molecular flexibility index (Phi) is 2.80. The number of hydrogen-bond donors (Lipinski definition) is 0. The fraction of sp³-hybridized carbons (Fsp3) is 0.400. The van der Waals surface area contributed by atoms with Crippen LogP contribution in [0, 0.1) is 5.92 Å². The maximum atomic E-state index is 6.03. The van der Waals surface area contributed by atoms with Crippen LogP contribution in [0.5, 0.6) is 5.75 Å². The molecule has 1 saturated carbocycles. The van der Waals surface area contributed by atoms with Gasteiger partial charge in [0.15, 0.2) is 0 Å². The van der Waals surface area contributed by atoms with Crippen LogP contribution in [0.2, 0.25) is 5.02 Å². The van der Waals surface area contributed by atoms with Gasteiger partial charge in [-0.15, -0.1) is 0 Å². The first-order chi connectivity index (χ1) is 6.27. The quantitative estimate of drug-likeness (QED) is 0.802. The lowest BCUT2D eigenvalue weighted by Gasteiger charge is -2.07. The van der Waals surface area contributed by atoms with E-state index in [0.717, 1.165) is 22.7 Å². The van der Waals surface area contributed by atoms with Crippen LogP contribution in [-0.4, -0.2) is 6.61 Å². The molecule has 0 aliphatic heterocycles. The largest absolute Gasteiger partial charge is 0.492 e. The van der Waals surface area contributed by atoms with Crippen LogP contribution in [-0.2, 0) is 0 Å². The summed E-state index contributed by atoms with van der Waals surface area (Å²) in [5, 5.41) is 0.670. The summed E-state index contributed by atoms with van der Waals surface area (Å²) in [5.41, 5.74) is 0. The Morgan fingerprint density at radius 1 is 1.46 bits per heavy atom. The summed E-state index contributed by atoms with van der Waals surface area (Å²) in [7, 11) is 0. The van der Waals surface area contributed by atoms with E-state index < -0.39 is 0 Å². The molecule has 2 rings (SSSR count). The number of rotatable bonds is 3. The van der Waals surface area contributed by atoms with Gasteiger partial charge in [-0.3, -0.25) is 0 Å². The van der Waals surface area contributed by atoms with Crippen molar-refractivity contribution in [3.05, 3.63) is 27.7 Å². The van der Waals surface area contributed by atoms with Gasteiger partial charge in [0.2, 0.25) is 0 Å². The van der Waals surface area contributed by atoms with Gasteiger partial charge in [-0.05, 0) is 46.8 Å². The zero-order valence-corrected chi connectivity index (χ0v) is 9.44. The van der Waals surface area contributed by atoms with Crippen LogP contribution in [0.15, 0.2) is 22.7 Å². The number of benzene rings is 1. The number of hydrogen-bond acceptors (Lipinski definition) is 1. The van der Waals surface area contributed by atoms with Gasteiger partial charge in [-0.25, -0.2) is 0 Å². The summed E-state index contributed by atoms with van der Waals surface area (Å²) >= 11 is 9.38. The third-order valence-electron chi connectivity index (χ3n) is 2.09. The lowest BCUT2D eigenvalue weighted by atomic mass is 10.3. The topological polar surface area (TPSA) is 9.23 Å². The van der Waals surface area contributed by atoms with E-state index in [9.17, 15) is 0 Å². The predicted molar refractivity (Wildman–Crippen MR) is 57.4 cm³/mol. The van der Waals surface area contributed by atoms with Crippen molar-refractivity contribution in [2.24, 2.45) is 5.92 Å². The smallest absolute Gasteiger partial charge is 0.139 e. The van der Waals surface area contributed by atoms with Crippen molar-refractivity contribution < 1.29 is 4.74 Å². The third-order valence-corrected chi connectivity index (χ3v) is 3.37. The van der Waals surface area contributed by atoms with Gasteiger partial charge >= 0.3 is 0 Å². The monoisotopic (exact) mass is 260 g/mol. The molecule has 1 aliphatic carbocycles. The van der Waals surface area contributed by atoms with Crippen molar-refractivity contribution in [2.75, 3.05) is 6.61 Å². The highest BCUT2D eigenvalue weighted by Gasteiger charge is 2.22. The Balaban J connectivity index is 2.05. The van der Waals surface area contributed by atoms with E-state index in [2.05, 4.69) is 15.9 Å². The zero-order valence-electron chi connectivity index (χ0n) is 7.09. The molecular weight excluding hydrogens is 251 g/mol. The Hall–Kier alpha value is -0.210. The molecule has 0 unspecified atom stereocenters. The SMILES string of the molecule is Clc1c(Br)cccc1OCC1CC1. The molecule has 1 aromatic carbocycles. The fourth-order valence-electron chi connectivity index (χ4n) is 1.09. The van der Waals surface area contributed by atoms with Crippen molar-refractivity contribution in [3.63, 3.8) is 0 Å². The molecular formula is C10H10BrClO. The highest BCUT2D eigenvalue weighted by molar-refractivity contribution is 9.10. The van der Waals surface area contributed by atoms with Gasteiger partial charge in [-0.2, -0.15) is 0 Å². The van der Waals surface area contributed by atoms with E-state index in [1.807, 2.05) is 18.2 Å². The molecule has 1 aromatic rings. The minimum absolute atomic E-state index is 0.670. The Labute approximate surface area is 91.2 Å². The second-order valence-electron chi connectivity index (χ2n) is 3.31. The first-order valence-electron chi connectivity index (χ1n) is 4.34. The molecule has 1 fully saturated rings. The summed E-state index contributed by atoms with van der Waals surface area (Å²) in [6, 6.07) is 5.74. The molecule has 13 heavy (non-hydrogen) atoms. The first kappa shape index (κ1) is 9.35. The predicted octanol–water partition coefficient (Wildman–Crippen LogP) is 3.89. The molecule has 0 radical (unpaired) electrons. The van der Waals surface area contributed by atoms with E-state index in [1.54, 1.807) is 0 Å². The molecule has 70 valence electrons. The molecule has 0 saturated heterocycles. The van der Waals surface area contributed by atoms with E-state index in [-0.39, 0.29) is 0 Å². The fourth-order valence-corrected chi connectivity index (χ4v) is 1.62. The Morgan fingerprint density at radius 2 is 2.23 bits per heavy atom. The average molecular weight is 262 g/mol. The lowest BCUT2D eigenvalue weighted by molar-refractivity contribution is 0.300. The van der Waals surface area contributed by atoms with Crippen LogP contribution in [0.3, 0.4) is 0 Å². The summed E-state index contributed by atoms with van der Waals surface area (Å²) < 4.78 is 6.47. The van der Waals surface area contributed by atoms with Gasteiger partial charge < -0.3 is 4.74 Å². The summed E-state index contributed by atoms with van der Waals surface area (Å²) in [6.45, 7) is 0.802.